The van der Waals surface area contributed by atoms with Crippen molar-refractivity contribution in [3.63, 3.8) is 0 Å². The van der Waals surface area contributed by atoms with E-state index in [2.05, 4.69) is 0 Å². The van der Waals surface area contributed by atoms with Crippen LogP contribution in [0.1, 0.15) is 17.5 Å². The molecule has 0 radical (unpaired) electrons. The van der Waals surface area contributed by atoms with E-state index in [1.54, 1.807) is 6.07 Å². The first-order valence-corrected chi connectivity index (χ1v) is 4.47. The molecule has 0 aliphatic rings. The molecule has 0 unspecified atom stereocenters. The van der Waals surface area contributed by atoms with Crippen molar-refractivity contribution in [1.82, 2.24) is 0 Å². The highest BCUT2D eigenvalue weighted by molar-refractivity contribution is 5.50. The molecule has 76 valence electrons. The second-order valence-electron chi connectivity index (χ2n) is 3.06. The van der Waals surface area contributed by atoms with Crippen molar-refractivity contribution in [2.24, 2.45) is 0 Å². The Labute approximate surface area is 82.7 Å². The molecule has 0 amide bonds. The molecule has 0 aromatic heterocycles. The second kappa shape index (κ2) is 5.50. The Morgan fingerprint density at radius 2 is 2.29 bits per heavy atom. The molecule has 0 saturated carbocycles. The Bertz CT molecular complexity index is 310. The van der Waals surface area contributed by atoms with Crippen LogP contribution in [-0.4, -0.2) is 13.4 Å². The molecule has 1 rings (SSSR count). The van der Waals surface area contributed by atoms with E-state index in [1.807, 2.05) is 6.07 Å². The zero-order valence-electron chi connectivity index (χ0n) is 8.13. The quantitative estimate of drug-likeness (QED) is 0.674. The third kappa shape index (κ3) is 2.92. The summed E-state index contributed by atoms with van der Waals surface area (Å²) in [5.41, 5.74) is 1.39. The van der Waals surface area contributed by atoms with E-state index in [-0.39, 0.29) is 12.4 Å². The number of methoxy groups -OCH3 is 1. The fraction of sp³-hybridized carbons (Fsp3) is 0.364. The number of hydrogen-bond acceptors (Lipinski definition) is 2. The van der Waals surface area contributed by atoms with Crippen molar-refractivity contribution in [3.8, 4) is 0 Å². The summed E-state index contributed by atoms with van der Waals surface area (Å²) in [4.78, 5) is 10.1. The molecular formula is C11H13FO2. The zero-order valence-corrected chi connectivity index (χ0v) is 8.13. The van der Waals surface area contributed by atoms with Gasteiger partial charge in [0.15, 0.2) is 0 Å². The number of benzene rings is 1. The summed E-state index contributed by atoms with van der Waals surface area (Å²) >= 11 is 0. The third-order valence-electron chi connectivity index (χ3n) is 1.97. The summed E-state index contributed by atoms with van der Waals surface area (Å²) in [6.07, 6.45) is 1.86. The van der Waals surface area contributed by atoms with E-state index >= 15 is 0 Å². The molecule has 0 spiro atoms. The standard InChI is InChI=1S/C11H13FO2/c1-14-8-10-5-4-9(3-2-6-13)7-11(10)12/h4-7H,2-3,8H2,1H3. The van der Waals surface area contributed by atoms with Gasteiger partial charge in [0.25, 0.3) is 0 Å². The minimum atomic E-state index is -0.268. The number of hydrogen-bond donors (Lipinski definition) is 0. The predicted molar refractivity (Wildman–Crippen MR) is 51.5 cm³/mol. The van der Waals surface area contributed by atoms with Gasteiger partial charge in [0.05, 0.1) is 6.61 Å². The molecule has 14 heavy (non-hydrogen) atoms. The first kappa shape index (κ1) is 10.9. The molecule has 0 fully saturated rings. The number of aldehydes is 1. The number of carbonyl (C=O) groups is 1. The van der Waals surface area contributed by atoms with Crippen molar-refractivity contribution in [3.05, 3.63) is 35.1 Å². The average Bonchev–Trinajstić information content (AvgIpc) is 2.19. The Morgan fingerprint density at radius 1 is 1.50 bits per heavy atom. The summed E-state index contributed by atoms with van der Waals surface area (Å²) in [7, 11) is 1.53. The van der Waals surface area contributed by atoms with Crippen LogP contribution in [0.2, 0.25) is 0 Å². The lowest BCUT2D eigenvalue weighted by molar-refractivity contribution is -0.107. The largest absolute Gasteiger partial charge is 0.380 e. The van der Waals surface area contributed by atoms with Crippen molar-refractivity contribution in [2.45, 2.75) is 19.4 Å². The summed E-state index contributed by atoms with van der Waals surface area (Å²) in [5.74, 6) is -0.268. The van der Waals surface area contributed by atoms with Gasteiger partial charge in [-0.05, 0) is 18.1 Å². The van der Waals surface area contributed by atoms with Crippen LogP contribution in [0.15, 0.2) is 18.2 Å². The van der Waals surface area contributed by atoms with Crippen LogP contribution in [0.25, 0.3) is 0 Å². The molecule has 0 saturated heterocycles. The number of carbonyl (C=O) groups excluding carboxylic acids is 1. The van der Waals surface area contributed by atoms with Gasteiger partial charge in [0, 0.05) is 19.1 Å². The summed E-state index contributed by atoms with van der Waals surface area (Å²) in [6.45, 7) is 0.278. The first-order valence-electron chi connectivity index (χ1n) is 4.47. The molecule has 3 heteroatoms. The maximum absolute atomic E-state index is 13.3. The molecule has 0 aliphatic carbocycles. The SMILES string of the molecule is COCc1ccc(CCC=O)cc1F. The maximum atomic E-state index is 13.3. The molecular weight excluding hydrogens is 183 g/mol. The maximum Gasteiger partial charge on any atom is 0.128 e. The van der Waals surface area contributed by atoms with E-state index in [9.17, 15) is 9.18 Å². The van der Waals surface area contributed by atoms with Crippen molar-refractivity contribution < 1.29 is 13.9 Å². The monoisotopic (exact) mass is 196 g/mol. The van der Waals surface area contributed by atoms with E-state index in [0.29, 0.717) is 18.4 Å². The number of aryl methyl sites for hydroxylation is 1. The minimum absolute atomic E-state index is 0.268. The van der Waals surface area contributed by atoms with Gasteiger partial charge in [-0.3, -0.25) is 0 Å². The topological polar surface area (TPSA) is 26.3 Å². The lowest BCUT2D eigenvalue weighted by Gasteiger charge is -2.03. The molecule has 1 aromatic rings. The van der Waals surface area contributed by atoms with E-state index in [0.717, 1.165) is 11.8 Å². The van der Waals surface area contributed by atoms with Gasteiger partial charge in [-0.1, -0.05) is 12.1 Å². The van der Waals surface area contributed by atoms with Crippen LogP contribution in [-0.2, 0) is 22.6 Å². The highest BCUT2D eigenvalue weighted by Gasteiger charge is 2.02. The molecule has 0 bridgehead atoms. The average molecular weight is 196 g/mol. The summed E-state index contributed by atoms with van der Waals surface area (Å²) < 4.78 is 18.1. The van der Waals surface area contributed by atoms with E-state index in [4.69, 9.17) is 4.74 Å². The number of rotatable bonds is 5. The van der Waals surface area contributed by atoms with Crippen LogP contribution < -0.4 is 0 Å². The molecule has 1 aromatic carbocycles. The van der Waals surface area contributed by atoms with E-state index < -0.39 is 0 Å². The summed E-state index contributed by atoms with van der Waals surface area (Å²) in [5, 5.41) is 0. The lowest BCUT2D eigenvalue weighted by atomic mass is 10.1. The van der Waals surface area contributed by atoms with Crippen LogP contribution >= 0.6 is 0 Å². The molecule has 0 aliphatic heterocycles. The highest BCUT2D eigenvalue weighted by Crippen LogP contribution is 2.12. The molecule has 0 heterocycles. The molecule has 0 atom stereocenters. The Morgan fingerprint density at radius 3 is 2.86 bits per heavy atom. The number of ether oxygens (including phenoxy) is 1. The van der Waals surface area contributed by atoms with Crippen molar-refractivity contribution in [1.29, 1.82) is 0 Å². The van der Waals surface area contributed by atoms with Crippen molar-refractivity contribution in [2.75, 3.05) is 7.11 Å². The second-order valence-corrected chi connectivity index (χ2v) is 3.06. The molecule has 2 nitrogen and oxygen atoms in total. The Balaban J connectivity index is 2.72. The normalized spacial score (nSPS) is 10.1. The van der Waals surface area contributed by atoms with Gasteiger partial charge in [0.2, 0.25) is 0 Å². The molecule has 0 N–H and O–H groups in total. The van der Waals surface area contributed by atoms with Gasteiger partial charge in [-0.15, -0.1) is 0 Å². The van der Waals surface area contributed by atoms with Crippen LogP contribution in [0.5, 0.6) is 0 Å². The summed E-state index contributed by atoms with van der Waals surface area (Å²) in [6, 6.07) is 4.97. The highest BCUT2D eigenvalue weighted by atomic mass is 19.1. The lowest BCUT2D eigenvalue weighted by Crippen LogP contribution is -1.95. The van der Waals surface area contributed by atoms with Gasteiger partial charge in [-0.25, -0.2) is 4.39 Å². The Kier molecular flexibility index (Phi) is 4.26. The minimum Gasteiger partial charge on any atom is -0.380 e. The van der Waals surface area contributed by atoms with E-state index in [1.165, 1.54) is 13.2 Å². The van der Waals surface area contributed by atoms with Crippen molar-refractivity contribution >= 4 is 6.29 Å². The van der Waals surface area contributed by atoms with Gasteiger partial charge < -0.3 is 9.53 Å². The van der Waals surface area contributed by atoms with Crippen LogP contribution in [0.4, 0.5) is 4.39 Å². The number of halogens is 1. The fourth-order valence-electron chi connectivity index (χ4n) is 1.24. The van der Waals surface area contributed by atoms with Gasteiger partial charge >= 0.3 is 0 Å². The smallest absolute Gasteiger partial charge is 0.128 e. The predicted octanol–water partition coefficient (Wildman–Crippen LogP) is 2.10. The van der Waals surface area contributed by atoms with Crippen LogP contribution in [0.3, 0.4) is 0 Å². The Hall–Kier alpha value is -1.22. The van der Waals surface area contributed by atoms with Gasteiger partial charge in [0.1, 0.15) is 12.1 Å². The van der Waals surface area contributed by atoms with Crippen LogP contribution in [0, 0.1) is 5.82 Å². The van der Waals surface area contributed by atoms with Gasteiger partial charge in [-0.2, -0.15) is 0 Å². The zero-order chi connectivity index (χ0) is 10.4. The first-order chi connectivity index (χ1) is 6.77. The third-order valence-corrected chi connectivity index (χ3v) is 1.97. The fourth-order valence-corrected chi connectivity index (χ4v) is 1.24.